The maximum absolute atomic E-state index is 12.2. The highest BCUT2D eigenvalue weighted by atomic mass is 16.7. The zero-order valence-electron chi connectivity index (χ0n) is 19.3. The van der Waals surface area contributed by atoms with Crippen LogP contribution >= 0.6 is 0 Å². The van der Waals surface area contributed by atoms with Crippen LogP contribution in [0, 0.1) is 13.8 Å². The Morgan fingerprint density at radius 3 is 2.62 bits per heavy atom. The third kappa shape index (κ3) is 5.03. The number of carbonyl (C=O) groups is 2. The van der Waals surface area contributed by atoms with Crippen molar-refractivity contribution in [2.24, 2.45) is 5.10 Å². The van der Waals surface area contributed by atoms with Gasteiger partial charge in [-0.25, -0.2) is 10.2 Å². The third-order valence-electron chi connectivity index (χ3n) is 5.33. The maximum Gasteiger partial charge on any atom is 0.338 e. The summed E-state index contributed by atoms with van der Waals surface area (Å²) in [6.45, 7) is 6.33. The van der Waals surface area contributed by atoms with E-state index in [0.29, 0.717) is 23.7 Å². The molecule has 1 aliphatic rings. The number of benzene rings is 2. The molecule has 2 heterocycles. The van der Waals surface area contributed by atoms with Crippen molar-refractivity contribution in [2.45, 2.75) is 20.8 Å². The van der Waals surface area contributed by atoms with Crippen molar-refractivity contribution in [3.63, 3.8) is 0 Å². The number of fused-ring (bicyclic) bond motifs is 1. The van der Waals surface area contributed by atoms with Crippen LogP contribution in [0.25, 0.3) is 5.69 Å². The Balaban J connectivity index is 1.36. The van der Waals surface area contributed by atoms with Crippen molar-refractivity contribution in [1.82, 2.24) is 9.99 Å². The van der Waals surface area contributed by atoms with Gasteiger partial charge in [-0.05, 0) is 63.2 Å². The number of rotatable bonds is 8. The Bertz CT molecular complexity index is 1230. The molecule has 4 rings (SSSR count). The molecule has 0 saturated heterocycles. The van der Waals surface area contributed by atoms with Gasteiger partial charge in [0.1, 0.15) is 0 Å². The fourth-order valence-corrected chi connectivity index (χ4v) is 3.68. The third-order valence-corrected chi connectivity index (χ3v) is 5.33. The summed E-state index contributed by atoms with van der Waals surface area (Å²) in [6.07, 6.45) is 1.62. The predicted molar refractivity (Wildman–Crippen MR) is 128 cm³/mol. The molecule has 0 spiro atoms. The van der Waals surface area contributed by atoms with Crippen molar-refractivity contribution in [1.29, 1.82) is 0 Å². The maximum atomic E-state index is 12.2. The van der Waals surface area contributed by atoms with Gasteiger partial charge in [-0.15, -0.1) is 0 Å². The number of hydrogen-bond donors (Lipinski definition) is 2. The summed E-state index contributed by atoms with van der Waals surface area (Å²) in [5.41, 5.74) is 7.53. The number of ether oxygens (including phenoxy) is 3. The van der Waals surface area contributed by atoms with Gasteiger partial charge in [0.05, 0.1) is 24.9 Å². The Labute approximate surface area is 197 Å². The molecule has 0 radical (unpaired) electrons. The number of amides is 1. The number of carbonyl (C=O) groups excluding carboxylic acids is 2. The van der Waals surface area contributed by atoms with Crippen LogP contribution in [0.3, 0.4) is 0 Å². The molecule has 2 N–H and O–H groups in total. The highest BCUT2D eigenvalue weighted by Crippen LogP contribution is 2.34. The van der Waals surface area contributed by atoms with Crippen molar-refractivity contribution in [3.05, 3.63) is 71.0 Å². The lowest BCUT2D eigenvalue weighted by Crippen LogP contribution is -2.25. The molecule has 1 amide bonds. The molecule has 0 saturated carbocycles. The quantitative estimate of drug-likeness (QED) is 0.301. The summed E-state index contributed by atoms with van der Waals surface area (Å²) < 4.78 is 17.7. The van der Waals surface area contributed by atoms with E-state index in [4.69, 9.17) is 14.2 Å². The lowest BCUT2D eigenvalue weighted by molar-refractivity contribution is -0.119. The lowest BCUT2D eigenvalue weighted by atomic mass is 10.2. The van der Waals surface area contributed by atoms with Crippen molar-refractivity contribution < 1.29 is 23.8 Å². The van der Waals surface area contributed by atoms with Gasteiger partial charge in [-0.2, -0.15) is 5.10 Å². The smallest absolute Gasteiger partial charge is 0.338 e. The molecule has 1 aliphatic heterocycles. The van der Waals surface area contributed by atoms with E-state index in [0.717, 1.165) is 28.3 Å². The molecule has 0 fully saturated rings. The first-order valence-electron chi connectivity index (χ1n) is 10.9. The van der Waals surface area contributed by atoms with E-state index in [2.05, 4.69) is 20.4 Å². The average molecular weight is 463 g/mol. The Kier molecular flexibility index (Phi) is 6.82. The summed E-state index contributed by atoms with van der Waals surface area (Å²) in [4.78, 5) is 24.0. The van der Waals surface area contributed by atoms with Gasteiger partial charge in [0.15, 0.2) is 11.5 Å². The summed E-state index contributed by atoms with van der Waals surface area (Å²) in [6, 6.07) is 14.6. The van der Waals surface area contributed by atoms with Crippen LogP contribution < -0.4 is 20.2 Å². The van der Waals surface area contributed by atoms with Gasteiger partial charge in [0, 0.05) is 34.4 Å². The van der Waals surface area contributed by atoms with Crippen molar-refractivity contribution in [2.75, 3.05) is 25.3 Å². The summed E-state index contributed by atoms with van der Waals surface area (Å²) in [7, 11) is 0. The molecule has 1 aromatic heterocycles. The zero-order chi connectivity index (χ0) is 24.1. The van der Waals surface area contributed by atoms with E-state index < -0.39 is 0 Å². The van der Waals surface area contributed by atoms with E-state index in [1.54, 1.807) is 37.4 Å². The van der Waals surface area contributed by atoms with Gasteiger partial charge in [0.2, 0.25) is 6.79 Å². The summed E-state index contributed by atoms with van der Waals surface area (Å²) in [5.74, 6) is 0.713. The molecular weight excluding hydrogens is 436 g/mol. The Morgan fingerprint density at radius 1 is 1.09 bits per heavy atom. The van der Waals surface area contributed by atoms with Gasteiger partial charge in [-0.3, -0.25) is 4.79 Å². The summed E-state index contributed by atoms with van der Waals surface area (Å²) in [5, 5.41) is 7.13. The van der Waals surface area contributed by atoms with Crippen LogP contribution in [0.1, 0.15) is 34.2 Å². The molecule has 0 atom stereocenters. The van der Waals surface area contributed by atoms with Crippen LogP contribution in [0.4, 0.5) is 5.69 Å². The predicted octanol–water partition coefficient (Wildman–Crippen LogP) is 3.56. The first-order chi connectivity index (χ1) is 16.5. The van der Waals surface area contributed by atoms with Crippen LogP contribution in [0.15, 0.2) is 53.6 Å². The number of aromatic nitrogens is 1. The number of nitrogens with zero attached hydrogens (tertiary/aromatic N) is 2. The fraction of sp³-hybridized carbons (Fsp3) is 0.240. The average Bonchev–Trinajstić information content (AvgIpc) is 3.41. The molecule has 0 bridgehead atoms. The number of hydrazone groups is 1. The standard InChI is InChI=1S/C25H26N4O5/c1-4-32-25(31)18-5-8-21(9-6-18)29-16(2)11-19(17(29)3)13-27-28-24(30)14-26-20-7-10-22-23(12-20)34-15-33-22/h5-13,26H,4,14-15H2,1-3H3,(H,28,30). The minimum absolute atomic E-state index is 0.0584. The number of hydrogen-bond acceptors (Lipinski definition) is 7. The van der Waals surface area contributed by atoms with Crippen molar-refractivity contribution >= 4 is 23.8 Å². The van der Waals surface area contributed by atoms with Gasteiger partial charge in [-0.1, -0.05) is 0 Å². The second-order valence-corrected chi connectivity index (χ2v) is 7.64. The number of anilines is 1. The molecule has 34 heavy (non-hydrogen) atoms. The normalized spacial score (nSPS) is 12.1. The molecule has 9 nitrogen and oxygen atoms in total. The van der Waals surface area contributed by atoms with E-state index in [1.807, 2.05) is 38.1 Å². The minimum atomic E-state index is -0.341. The minimum Gasteiger partial charge on any atom is -0.462 e. The second kappa shape index (κ2) is 10.1. The molecule has 2 aromatic carbocycles. The van der Waals surface area contributed by atoms with E-state index in [9.17, 15) is 9.59 Å². The fourth-order valence-electron chi connectivity index (χ4n) is 3.68. The van der Waals surface area contributed by atoms with Crippen LogP contribution in [-0.2, 0) is 9.53 Å². The first kappa shape index (κ1) is 22.9. The molecule has 0 unspecified atom stereocenters. The lowest BCUT2D eigenvalue weighted by Gasteiger charge is -2.10. The van der Waals surface area contributed by atoms with Crippen LogP contribution in [0.5, 0.6) is 11.5 Å². The SMILES string of the molecule is CCOC(=O)c1ccc(-n2c(C)cc(C=NNC(=O)CNc3ccc4c(c3)OCO4)c2C)cc1. The van der Waals surface area contributed by atoms with E-state index >= 15 is 0 Å². The number of nitrogens with one attached hydrogen (secondary N) is 2. The first-order valence-corrected chi connectivity index (χ1v) is 10.9. The van der Waals surface area contributed by atoms with Crippen LogP contribution in [0.2, 0.25) is 0 Å². The Hall–Kier alpha value is -4.27. The zero-order valence-corrected chi connectivity index (χ0v) is 19.3. The van der Waals surface area contributed by atoms with Gasteiger partial charge < -0.3 is 24.1 Å². The van der Waals surface area contributed by atoms with Gasteiger partial charge in [0.25, 0.3) is 5.91 Å². The molecule has 0 aliphatic carbocycles. The molecule has 9 heteroatoms. The highest BCUT2D eigenvalue weighted by molar-refractivity contribution is 5.89. The monoisotopic (exact) mass is 462 g/mol. The topological polar surface area (TPSA) is 103 Å². The largest absolute Gasteiger partial charge is 0.462 e. The Morgan fingerprint density at radius 2 is 1.85 bits per heavy atom. The number of esters is 1. The van der Waals surface area contributed by atoms with Crippen LogP contribution in [-0.4, -0.2) is 42.6 Å². The molecule has 3 aromatic rings. The molecular formula is C25H26N4O5. The van der Waals surface area contributed by atoms with E-state index in [-0.39, 0.29) is 25.2 Å². The van der Waals surface area contributed by atoms with Gasteiger partial charge >= 0.3 is 5.97 Å². The number of aryl methyl sites for hydroxylation is 1. The summed E-state index contributed by atoms with van der Waals surface area (Å²) >= 11 is 0. The van der Waals surface area contributed by atoms with Crippen molar-refractivity contribution in [3.8, 4) is 17.2 Å². The molecule has 176 valence electrons. The second-order valence-electron chi connectivity index (χ2n) is 7.64. The highest BCUT2D eigenvalue weighted by Gasteiger charge is 2.14. The van der Waals surface area contributed by atoms with E-state index in [1.165, 1.54) is 0 Å².